The molecule has 2 N–H and O–H groups in total. The fourth-order valence-corrected chi connectivity index (χ4v) is 3.01. The highest BCUT2D eigenvalue weighted by Crippen LogP contribution is 2.35. The summed E-state index contributed by atoms with van der Waals surface area (Å²) >= 11 is 11.1. The van der Waals surface area contributed by atoms with Crippen LogP contribution in [0.1, 0.15) is 10.8 Å². The van der Waals surface area contributed by atoms with E-state index in [1.165, 1.54) is 10.5 Å². The van der Waals surface area contributed by atoms with Crippen LogP contribution < -0.4 is 5.73 Å². The van der Waals surface area contributed by atoms with Crippen molar-refractivity contribution in [1.29, 1.82) is 0 Å². The molecule has 0 bridgehead atoms. The third-order valence-corrected chi connectivity index (χ3v) is 4.62. The Morgan fingerprint density at radius 1 is 1.06 bits per heavy atom. The molecule has 2 rings (SSSR count). The molecule has 1 atom stereocenters. The zero-order valence-corrected chi connectivity index (χ0v) is 12.8. The monoisotopic (exact) mass is 341 g/mol. The van der Waals surface area contributed by atoms with Gasteiger partial charge in [-0.2, -0.15) is 0 Å². The SMILES string of the molecule is NCC(Sc1ccc(Cl)cc1)c1ccc(Br)cc1. The van der Waals surface area contributed by atoms with Crippen LogP contribution in [0.15, 0.2) is 57.9 Å². The number of hydrogen-bond acceptors (Lipinski definition) is 2. The van der Waals surface area contributed by atoms with E-state index in [1.807, 2.05) is 36.4 Å². The predicted molar refractivity (Wildman–Crippen MR) is 83.2 cm³/mol. The summed E-state index contributed by atoms with van der Waals surface area (Å²) in [6.07, 6.45) is 0. The molecule has 0 saturated heterocycles. The van der Waals surface area contributed by atoms with Gasteiger partial charge in [0.05, 0.1) is 0 Å². The number of halogens is 2. The van der Waals surface area contributed by atoms with E-state index in [1.54, 1.807) is 11.8 Å². The average molecular weight is 343 g/mol. The fourth-order valence-electron chi connectivity index (χ4n) is 1.61. The van der Waals surface area contributed by atoms with Crippen LogP contribution in [-0.4, -0.2) is 6.54 Å². The van der Waals surface area contributed by atoms with E-state index in [4.69, 9.17) is 17.3 Å². The molecule has 0 aromatic heterocycles. The number of thioether (sulfide) groups is 1. The lowest BCUT2D eigenvalue weighted by molar-refractivity contribution is 0.940. The largest absolute Gasteiger partial charge is 0.329 e. The van der Waals surface area contributed by atoms with E-state index in [2.05, 4.69) is 28.1 Å². The van der Waals surface area contributed by atoms with Crippen molar-refractivity contribution >= 4 is 39.3 Å². The first kappa shape index (κ1) is 13.9. The third kappa shape index (κ3) is 3.75. The highest BCUT2D eigenvalue weighted by molar-refractivity contribution is 9.10. The average Bonchev–Trinajstić information content (AvgIpc) is 2.39. The lowest BCUT2D eigenvalue weighted by Crippen LogP contribution is -2.09. The van der Waals surface area contributed by atoms with Gasteiger partial charge in [-0.1, -0.05) is 39.7 Å². The zero-order valence-electron chi connectivity index (χ0n) is 9.64. The smallest absolute Gasteiger partial charge is 0.0466 e. The van der Waals surface area contributed by atoms with Gasteiger partial charge < -0.3 is 5.73 Å². The van der Waals surface area contributed by atoms with Crippen molar-refractivity contribution in [3.63, 3.8) is 0 Å². The molecule has 18 heavy (non-hydrogen) atoms. The Hall–Kier alpha value is -0.480. The van der Waals surface area contributed by atoms with Crippen LogP contribution >= 0.6 is 39.3 Å². The molecule has 2 aromatic rings. The van der Waals surface area contributed by atoms with Crippen molar-refractivity contribution in [2.24, 2.45) is 5.73 Å². The quantitative estimate of drug-likeness (QED) is 0.800. The van der Waals surface area contributed by atoms with E-state index in [0.29, 0.717) is 6.54 Å². The Bertz CT molecular complexity index is 498. The molecule has 0 aliphatic carbocycles. The van der Waals surface area contributed by atoms with E-state index >= 15 is 0 Å². The van der Waals surface area contributed by atoms with E-state index < -0.39 is 0 Å². The van der Waals surface area contributed by atoms with Crippen LogP contribution in [0.25, 0.3) is 0 Å². The number of rotatable bonds is 4. The van der Waals surface area contributed by atoms with Gasteiger partial charge in [-0.3, -0.25) is 0 Å². The first-order valence-corrected chi connectivity index (χ1v) is 7.62. The summed E-state index contributed by atoms with van der Waals surface area (Å²) in [7, 11) is 0. The van der Waals surface area contributed by atoms with Gasteiger partial charge in [0.1, 0.15) is 0 Å². The van der Waals surface area contributed by atoms with Crippen molar-refractivity contribution in [3.8, 4) is 0 Å². The Kier molecular flexibility index (Phi) is 5.13. The summed E-state index contributed by atoms with van der Waals surface area (Å²) < 4.78 is 1.08. The highest BCUT2D eigenvalue weighted by atomic mass is 79.9. The summed E-state index contributed by atoms with van der Waals surface area (Å²) in [6.45, 7) is 0.606. The normalized spacial score (nSPS) is 12.4. The molecule has 0 radical (unpaired) electrons. The minimum Gasteiger partial charge on any atom is -0.329 e. The maximum Gasteiger partial charge on any atom is 0.0466 e. The molecule has 0 aliphatic rings. The van der Waals surface area contributed by atoms with E-state index in [0.717, 1.165) is 9.50 Å². The Labute approximate surface area is 125 Å². The lowest BCUT2D eigenvalue weighted by Gasteiger charge is -2.15. The number of benzene rings is 2. The van der Waals surface area contributed by atoms with Crippen molar-refractivity contribution < 1.29 is 0 Å². The van der Waals surface area contributed by atoms with Gasteiger partial charge in [-0.25, -0.2) is 0 Å². The van der Waals surface area contributed by atoms with Gasteiger partial charge in [0, 0.05) is 26.2 Å². The Morgan fingerprint density at radius 3 is 2.22 bits per heavy atom. The van der Waals surface area contributed by atoms with Crippen molar-refractivity contribution in [2.75, 3.05) is 6.54 Å². The summed E-state index contributed by atoms with van der Waals surface area (Å²) in [5, 5.41) is 1.02. The molecular formula is C14H13BrClNS. The Morgan fingerprint density at radius 2 is 1.67 bits per heavy atom. The van der Waals surface area contributed by atoms with Gasteiger partial charge in [-0.05, 0) is 42.0 Å². The second-order valence-corrected chi connectivity index (χ2v) is 6.48. The molecule has 0 aliphatic heterocycles. The Balaban J connectivity index is 2.14. The second kappa shape index (κ2) is 6.62. The first-order valence-electron chi connectivity index (χ1n) is 5.57. The van der Waals surface area contributed by atoms with Gasteiger partial charge in [0.25, 0.3) is 0 Å². The highest BCUT2D eigenvalue weighted by Gasteiger charge is 2.11. The molecule has 0 heterocycles. The second-order valence-electron chi connectivity index (χ2n) is 3.85. The van der Waals surface area contributed by atoms with Crippen molar-refractivity contribution in [1.82, 2.24) is 0 Å². The fraction of sp³-hybridized carbons (Fsp3) is 0.143. The molecule has 2 aromatic carbocycles. The number of nitrogens with two attached hydrogens (primary N) is 1. The van der Waals surface area contributed by atoms with Crippen molar-refractivity contribution in [3.05, 3.63) is 63.6 Å². The number of hydrogen-bond donors (Lipinski definition) is 1. The predicted octanol–water partition coefficient (Wildman–Crippen LogP) is 4.89. The van der Waals surface area contributed by atoms with Crippen LogP contribution in [0.2, 0.25) is 5.02 Å². The zero-order chi connectivity index (χ0) is 13.0. The minimum atomic E-state index is 0.263. The van der Waals surface area contributed by atoms with Gasteiger partial charge in [-0.15, -0.1) is 11.8 Å². The van der Waals surface area contributed by atoms with Gasteiger partial charge in [0.15, 0.2) is 0 Å². The molecule has 0 amide bonds. The van der Waals surface area contributed by atoms with Crippen LogP contribution in [0.4, 0.5) is 0 Å². The first-order chi connectivity index (χ1) is 8.69. The molecule has 4 heteroatoms. The molecular weight excluding hydrogens is 330 g/mol. The summed E-state index contributed by atoms with van der Waals surface area (Å²) in [4.78, 5) is 1.18. The summed E-state index contributed by atoms with van der Waals surface area (Å²) in [5.41, 5.74) is 7.10. The topological polar surface area (TPSA) is 26.0 Å². The third-order valence-electron chi connectivity index (χ3n) is 2.55. The standard InChI is InChI=1S/C14H13BrClNS/c15-11-3-1-10(2-4-11)14(9-17)18-13-7-5-12(16)6-8-13/h1-8,14H,9,17H2. The maximum absolute atomic E-state index is 5.88. The lowest BCUT2D eigenvalue weighted by atomic mass is 10.1. The van der Waals surface area contributed by atoms with E-state index in [9.17, 15) is 0 Å². The molecule has 1 nitrogen and oxygen atoms in total. The summed E-state index contributed by atoms with van der Waals surface area (Å²) in [6, 6.07) is 16.1. The van der Waals surface area contributed by atoms with Crippen LogP contribution in [0.5, 0.6) is 0 Å². The molecule has 0 spiro atoms. The summed E-state index contributed by atoms with van der Waals surface area (Å²) in [5.74, 6) is 0. The maximum atomic E-state index is 5.88. The van der Waals surface area contributed by atoms with Crippen molar-refractivity contribution in [2.45, 2.75) is 10.1 Å². The van der Waals surface area contributed by atoms with Gasteiger partial charge >= 0.3 is 0 Å². The molecule has 1 unspecified atom stereocenters. The minimum absolute atomic E-state index is 0.263. The van der Waals surface area contributed by atoms with E-state index in [-0.39, 0.29) is 5.25 Å². The molecule has 0 saturated carbocycles. The van der Waals surface area contributed by atoms with Gasteiger partial charge in [0.2, 0.25) is 0 Å². The van der Waals surface area contributed by atoms with Crippen LogP contribution in [-0.2, 0) is 0 Å². The molecule has 94 valence electrons. The van der Waals surface area contributed by atoms with Crippen LogP contribution in [0, 0.1) is 0 Å². The van der Waals surface area contributed by atoms with Crippen LogP contribution in [0.3, 0.4) is 0 Å². The molecule has 0 fully saturated rings.